The van der Waals surface area contributed by atoms with Crippen LogP contribution in [0.3, 0.4) is 0 Å². The predicted octanol–water partition coefficient (Wildman–Crippen LogP) is -1.44. The van der Waals surface area contributed by atoms with Crippen molar-refractivity contribution in [1.29, 1.82) is 0 Å². The third-order valence-electron chi connectivity index (χ3n) is 2.51. The number of methoxy groups -OCH3 is 1. The minimum atomic E-state index is -0.595. The average molecular weight is 257 g/mol. The molecule has 0 bridgehead atoms. The number of likely N-dealkylation sites (N-methyl/N-ethyl adjacent to an activating group) is 1. The highest BCUT2D eigenvalue weighted by Gasteiger charge is 2.31. The molecule has 1 N–H and O–H groups in total. The van der Waals surface area contributed by atoms with Crippen molar-refractivity contribution in [2.24, 2.45) is 0 Å². The largest absolute Gasteiger partial charge is 0.468 e. The summed E-state index contributed by atoms with van der Waals surface area (Å²) in [5.74, 6) is -1.49. The third-order valence-corrected chi connectivity index (χ3v) is 2.51. The molecule has 0 aromatic rings. The van der Waals surface area contributed by atoms with Gasteiger partial charge in [-0.1, -0.05) is 0 Å². The zero-order chi connectivity index (χ0) is 13.7. The van der Waals surface area contributed by atoms with E-state index >= 15 is 0 Å². The van der Waals surface area contributed by atoms with Gasteiger partial charge >= 0.3 is 12.0 Å². The number of rotatable bonds is 5. The second kappa shape index (κ2) is 5.99. The second-order valence-electron chi connectivity index (χ2n) is 3.62. The lowest BCUT2D eigenvalue weighted by Gasteiger charge is -2.21. The van der Waals surface area contributed by atoms with Crippen LogP contribution in [0, 0.1) is 0 Å². The van der Waals surface area contributed by atoms with Crippen molar-refractivity contribution in [3.63, 3.8) is 0 Å². The van der Waals surface area contributed by atoms with E-state index in [1.807, 2.05) is 0 Å². The maximum Gasteiger partial charge on any atom is 0.325 e. The number of nitrogens with zero attached hydrogens (tertiary/aromatic N) is 2. The predicted molar refractivity (Wildman–Crippen MR) is 59.4 cm³/mol. The van der Waals surface area contributed by atoms with Crippen LogP contribution in [-0.4, -0.2) is 66.9 Å². The lowest BCUT2D eigenvalue weighted by Crippen LogP contribution is -2.44. The Hall–Kier alpha value is -2.12. The Kier molecular flexibility index (Phi) is 4.64. The smallest absolute Gasteiger partial charge is 0.325 e. The monoisotopic (exact) mass is 257 g/mol. The first-order valence-electron chi connectivity index (χ1n) is 5.42. The van der Waals surface area contributed by atoms with E-state index in [0.29, 0.717) is 0 Å². The molecule has 1 rings (SSSR count). The molecule has 0 atom stereocenters. The molecule has 1 saturated heterocycles. The van der Waals surface area contributed by atoms with Crippen molar-refractivity contribution >= 4 is 23.8 Å². The van der Waals surface area contributed by atoms with Crippen molar-refractivity contribution in [3.8, 4) is 0 Å². The number of esters is 1. The normalized spacial score (nSPS) is 14.4. The van der Waals surface area contributed by atoms with Crippen molar-refractivity contribution < 1.29 is 23.9 Å². The van der Waals surface area contributed by atoms with Gasteiger partial charge in [-0.15, -0.1) is 0 Å². The van der Waals surface area contributed by atoms with E-state index in [0.717, 1.165) is 4.90 Å². The Labute approximate surface area is 104 Å². The fourth-order valence-electron chi connectivity index (χ4n) is 1.45. The van der Waals surface area contributed by atoms with Crippen LogP contribution in [0.4, 0.5) is 4.79 Å². The van der Waals surface area contributed by atoms with E-state index in [1.165, 1.54) is 12.0 Å². The quantitative estimate of drug-likeness (QED) is 0.480. The molecule has 0 aromatic carbocycles. The number of imide groups is 1. The fraction of sp³-hybridized carbons (Fsp3) is 0.600. The molecule has 1 heterocycles. The van der Waals surface area contributed by atoms with E-state index in [1.54, 1.807) is 6.92 Å². The maximum atomic E-state index is 11.8. The van der Waals surface area contributed by atoms with Gasteiger partial charge in [0.15, 0.2) is 0 Å². The molecule has 0 spiro atoms. The molecule has 1 fully saturated rings. The number of ether oxygens (including phenoxy) is 1. The van der Waals surface area contributed by atoms with Crippen molar-refractivity contribution in [1.82, 2.24) is 15.1 Å². The topological polar surface area (TPSA) is 96.0 Å². The molecule has 8 heteroatoms. The van der Waals surface area contributed by atoms with Crippen molar-refractivity contribution in [2.45, 2.75) is 6.92 Å². The van der Waals surface area contributed by atoms with Crippen LogP contribution in [0.2, 0.25) is 0 Å². The Morgan fingerprint density at radius 1 is 1.44 bits per heavy atom. The summed E-state index contributed by atoms with van der Waals surface area (Å²) in [6.45, 7) is 1.31. The molecule has 4 amide bonds. The number of urea groups is 1. The van der Waals surface area contributed by atoms with E-state index in [-0.39, 0.29) is 26.2 Å². The summed E-state index contributed by atoms with van der Waals surface area (Å²) < 4.78 is 4.45. The summed E-state index contributed by atoms with van der Waals surface area (Å²) in [5.41, 5.74) is 0. The van der Waals surface area contributed by atoms with Crippen LogP contribution >= 0.6 is 0 Å². The number of amides is 4. The van der Waals surface area contributed by atoms with Crippen LogP contribution in [-0.2, 0) is 19.1 Å². The first-order valence-corrected chi connectivity index (χ1v) is 5.42. The Morgan fingerprint density at radius 3 is 2.56 bits per heavy atom. The van der Waals surface area contributed by atoms with Gasteiger partial charge in [0.2, 0.25) is 5.91 Å². The zero-order valence-electron chi connectivity index (χ0n) is 10.3. The van der Waals surface area contributed by atoms with E-state index in [2.05, 4.69) is 10.1 Å². The highest BCUT2D eigenvalue weighted by molar-refractivity contribution is 6.04. The standard InChI is InChI=1S/C10H15N3O5/c1-3-12(6-9(16)18-2)8(15)5-13-7(14)4-11-10(13)17/h3-6H2,1-2H3,(H,11,17). The molecule has 0 radical (unpaired) electrons. The van der Waals surface area contributed by atoms with Crippen molar-refractivity contribution in [2.75, 3.05) is 33.3 Å². The first kappa shape index (κ1) is 13.9. The molecule has 100 valence electrons. The summed E-state index contributed by atoms with van der Waals surface area (Å²) in [6, 6.07) is -0.595. The summed E-state index contributed by atoms with van der Waals surface area (Å²) in [7, 11) is 1.22. The maximum absolute atomic E-state index is 11.8. The zero-order valence-corrected chi connectivity index (χ0v) is 10.3. The lowest BCUT2D eigenvalue weighted by molar-refractivity contribution is -0.147. The van der Waals surface area contributed by atoms with Gasteiger partial charge in [0.1, 0.15) is 13.1 Å². The minimum Gasteiger partial charge on any atom is -0.468 e. The summed E-state index contributed by atoms with van der Waals surface area (Å²) in [6.07, 6.45) is 0. The number of hydrogen-bond donors (Lipinski definition) is 1. The minimum absolute atomic E-state index is 0.102. The molecule has 1 aliphatic rings. The van der Waals surface area contributed by atoms with Crippen LogP contribution in [0.1, 0.15) is 6.92 Å². The van der Waals surface area contributed by atoms with Gasteiger partial charge in [-0.2, -0.15) is 0 Å². The highest BCUT2D eigenvalue weighted by atomic mass is 16.5. The molecule has 0 unspecified atom stereocenters. The average Bonchev–Trinajstić information content (AvgIpc) is 2.67. The summed E-state index contributed by atoms with van der Waals surface area (Å²) in [5, 5.41) is 2.31. The molecular weight excluding hydrogens is 242 g/mol. The molecule has 0 saturated carbocycles. The van der Waals surface area contributed by atoms with E-state index in [4.69, 9.17) is 0 Å². The number of hydrogen-bond acceptors (Lipinski definition) is 5. The highest BCUT2D eigenvalue weighted by Crippen LogP contribution is 2.01. The van der Waals surface area contributed by atoms with Crippen LogP contribution in [0.5, 0.6) is 0 Å². The van der Waals surface area contributed by atoms with Gasteiger partial charge in [0.05, 0.1) is 13.7 Å². The Bertz CT molecular complexity index is 366. The number of nitrogens with one attached hydrogen (secondary N) is 1. The molecule has 1 aliphatic heterocycles. The summed E-state index contributed by atoms with van der Waals surface area (Å²) >= 11 is 0. The van der Waals surface area contributed by atoms with Gasteiger partial charge in [-0.05, 0) is 6.92 Å². The third kappa shape index (κ3) is 3.19. The Morgan fingerprint density at radius 2 is 2.11 bits per heavy atom. The van der Waals surface area contributed by atoms with Gasteiger partial charge in [0, 0.05) is 6.54 Å². The first-order chi connectivity index (χ1) is 8.49. The van der Waals surface area contributed by atoms with Crippen molar-refractivity contribution in [3.05, 3.63) is 0 Å². The van der Waals surface area contributed by atoms with Gasteiger partial charge in [0.25, 0.3) is 5.91 Å². The second-order valence-corrected chi connectivity index (χ2v) is 3.62. The van der Waals surface area contributed by atoms with Gasteiger partial charge in [-0.3, -0.25) is 19.3 Å². The van der Waals surface area contributed by atoms with Gasteiger partial charge in [-0.25, -0.2) is 4.79 Å². The lowest BCUT2D eigenvalue weighted by atomic mass is 10.4. The molecule has 8 nitrogen and oxygen atoms in total. The Balaban J connectivity index is 2.59. The van der Waals surface area contributed by atoms with Crippen LogP contribution in [0.25, 0.3) is 0 Å². The van der Waals surface area contributed by atoms with Crippen LogP contribution in [0.15, 0.2) is 0 Å². The SMILES string of the molecule is CCN(CC(=O)OC)C(=O)CN1C(=O)CNC1=O. The number of carbonyl (C=O) groups is 4. The number of carbonyl (C=O) groups excluding carboxylic acids is 4. The summed E-state index contributed by atoms with van der Waals surface area (Å²) in [4.78, 5) is 47.5. The van der Waals surface area contributed by atoms with E-state index in [9.17, 15) is 19.2 Å². The molecule has 0 aliphatic carbocycles. The molecule has 18 heavy (non-hydrogen) atoms. The molecular formula is C10H15N3O5. The van der Waals surface area contributed by atoms with Gasteiger partial charge < -0.3 is 15.0 Å². The molecule has 0 aromatic heterocycles. The fourth-order valence-corrected chi connectivity index (χ4v) is 1.45. The van der Waals surface area contributed by atoms with E-state index < -0.39 is 23.8 Å². The van der Waals surface area contributed by atoms with Crippen LogP contribution < -0.4 is 5.32 Å².